The summed E-state index contributed by atoms with van der Waals surface area (Å²) >= 11 is 0. The van der Waals surface area contributed by atoms with Crippen molar-refractivity contribution in [1.29, 1.82) is 0 Å². The van der Waals surface area contributed by atoms with Crippen LogP contribution < -0.4 is 0 Å². The van der Waals surface area contributed by atoms with Crippen molar-refractivity contribution in [2.45, 2.75) is 51.6 Å². The van der Waals surface area contributed by atoms with Gasteiger partial charge in [0.15, 0.2) is 0 Å². The van der Waals surface area contributed by atoms with E-state index >= 15 is 0 Å². The van der Waals surface area contributed by atoms with Gasteiger partial charge in [0.1, 0.15) is 0 Å². The Hall–Kier alpha value is -0.860. The Bertz CT molecular complexity index is 333. The molecule has 0 atom stereocenters. The monoisotopic (exact) mass is 275 g/mol. The van der Waals surface area contributed by atoms with Gasteiger partial charge < -0.3 is 9.64 Å². The summed E-state index contributed by atoms with van der Waals surface area (Å²) in [6, 6.07) is 10.4. The van der Waals surface area contributed by atoms with Gasteiger partial charge in [0.2, 0.25) is 0 Å². The maximum atomic E-state index is 5.71. The van der Waals surface area contributed by atoms with Gasteiger partial charge in [0.05, 0.1) is 6.61 Å². The van der Waals surface area contributed by atoms with Gasteiger partial charge in [0, 0.05) is 6.61 Å². The normalized spacial score (nSPS) is 16.4. The minimum Gasteiger partial charge on any atom is -0.377 e. The summed E-state index contributed by atoms with van der Waals surface area (Å²) in [6.45, 7) is 5.64. The molecule has 0 spiro atoms. The number of hydrogen-bond acceptors (Lipinski definition) is 2. The van der Waals surface area contributed by atoms with E-state index < -0.39 is 0 Å². The first-order valence-corrected chi connectivity index (χ1v) is 8.29. The Balaban J connectivity index is 1.38. The number of unbranched alkanes of at least 4 members (excludes halogenated alkanes) is 3. The van der Waals surface area contributed by atoms with Crippen molar-refractivity contribution in [3.63, 3.8) is 0 Å². The molecule has 20 heavy (non-hydrogen) atoms. The van der Waals surface area contributed by atoms with Gasteiger partial charge >= 0.3 is 0 Å². The molecule has 0 radical (unpaired) electrons. The van der Waals surface area contributed by atoms with Crippen LogP contribution in [-0.4, -0.2) is 31.1 Å². The lowest BCUT2D eigenvalue weighted by Crippen LogP contribution is -2.30. The predicted octanol–water partition coefficient (Wildman–Crippen LogP) is 4.25. The van der Waals surface area contributed by atoms with Gasteiger partial charge in [-0.25, -0.2) is 0 Å². The minimum atomic E-state index is 0.759. The summed E-state index contributed by atoms with van der Waals surface area (Å²) in [5.74, 6) is 0. The Morgan fingerprint density at radius 3 is 2.40 bits per heavy atom. The molecule has 2 nitrogen and oxygen atoms in total. The third-order valence-corrected chi connectivity index (χ3v) is 4.07. The number of hydrogen-bond donors (Lipinski definition) is 0. The van der Waals surface area contributed by atoms with Crippen LogP contribution in [0.1, 0.15) is 50.5 Å². The number of benzene rings is 1. The first-order valence-electron chi connectivity index (χ1n) is 8.29. The third-order valence-electron chi connectivity index (χ3n) is 4.07. The number of piperidine rings is 1. The highest BCUT2D eigenvalue weighted by atomic mass is 16.5. The second-order valence-electron chi connectivity index (χ2n) is 5.85. The van der Waals surface area contributed by atoms with E-state index in [4.69, 9.17) is 4.74 Å². The van der Waals surface area contributed by atoms with E-state index in [2.05, 4.69) is 29.2 Å². The molecule has 1 saturated heterocycles. The molecule has 1 fully saturated rings. The highest BCUT2D eigenvalue weighted by molar-refractivity contribution is 5.13. The molecule has 0 aliphatic carbocycles. The zero-order valence-corrected chi connectivity index (χ0v) is 12.7. The fraction of sp³-hybridized carbons (Fsp3) is 0.667. The standard InChI is InChI=1S/C18H29NO/c1(7-13-19-14-8-4-9-15-19)2-10-16-20-17-18-11-5-3-6-12-18/h3,5-6,11-12H,1-2,4,7-10,13-17H2. The Kier molecular flexibility index (Phi) is 7.73. The van der Waals surface area contributed by atoms with Crippen molar-refractivity contribution in [2.24, 2.45) is 0 Å². The van der Waals surface area contributed by atoms with Crippen molar-refractivity contribution in [2.75, 3.05) is 26.2 Å². The third kappa shape index (κ3) is 6.53. The molecule has 1 aliphatic heterocycles. The van der Waals surface area contributed by atoms with E-state index in [1.165, 1.54) is 70.1 Å². The van der Waals surface area contributed by atoms with E-state index in [9.17, 15) is 0 Å². The topological polar surface area (TPSA) is 12.5 Å². The lowest BCUT2D eigenvalue weighted by molar-refractivity contribution is 0.116. The van der Waals surface area contributed by atoms with Crippen LogP contribution in [0.2, 0.25) is 0 Å². The number of likely N-dealkylation sites (tertiary alicyclic amines) is 1. The maximum Gasteiger partial charge on any atom is 0.0716 e. The summed E-state index contributed by atoms with van der Waals surface area (Å²) in [5, 5.41) is 0. The summed E-state index contributed by atoms with van der Waals surface area (Å²) in [5.41, 5.74) is 1.28. The molecule has 1 aromatic rings. The molecule has 0 unspecified atom stereocenters. The van der Waals surface area contributed by atoms with Crippen LogP contribution in [-0.2, 0) is 11.3 Å². The van der Waals surface area contributed by atoms with Crippen LogP contribution in [0.15, 0.2) is 30.3 Å². The van der Waals surface area contributed by atoms with Crippen LogP contribution in [0.4, 0.5) is 0 Å². The van der Waals surface area contributed by atoms with E-state index in [1.54, 1.807) is 0 Å². The van der Waals surface area contributed by atoms with Gasteiger partial charge in [-0.15, -0.1) is 0 Å². The van der Waals surface area contributed by atoms with Gasteiger partial charge in [-0.1, -0.05) is 49.6 Å². The number of ether oxygens (including phenoxy) is 1. The van der Waals surface area contributed by atoms with E-state index in [0.29, 0.717) is 0 Å². The smallest absolute Gasteiger partial charge is 0.0716 e. The molecule has 0 aromatic heterocycles. The van der Waals surface area contributed by atoms with Crippen LogP contribution in [0.5, 0.6) is 0 Å². The first kappa shape index (κ1) is 15.5. The second-order valence-corrected chi connectivity index (χ2v) is 5.85. The lowest BCUT2D eigenvalue weighted by Gasteiger charge is -2.26. The zero-order chi connectivity index (χ0) is 13.9. The van der Waals surface area contributed by atoms with Gasteiger partial charge in [-0.3, -0.25) is 0 Å². The highest BCUT2D eigenvalue weighted by Crippen LogP contribution is 2.10. The molecule has 0 amide bonds. The maximum absolute atomic E-state index is 5.71. The molecular formula is C18H29NO. The fourth-order valence-electron chi connectivity index (χ4n) is 2.84. The molecule has 1 heterocycles. The Morgan fingerprint density at radius 2 is 1.60 bits per heavy atom. The molecule has 1 aromatic carbocycles. The van der Waals surface area contributed by atoms with Crippen molar-refractivity contribution < 1.29 is 4.74 Å². The average Bonchev–Trinajstić information content (AvgIpc) is 2.52. The molecule has 0 saturated carbocycles. The van der Waals surface area contributed by atoms with Gasteiger partial charge in [-0.2, -0.15) is 0 Å². The molecule has 2 heteroatoms. The predicted molar refractivity (Wildman–Crippen MR) is 84.9 cm³/mol. The summed E-state index contributed by atoms with van der Waals surface area (Å²) in [6.07, 6.45) is 9.48. The van der Waals surface area contributed by atoms with Crippen molar-refractivity contribution in [3.05, 3.63) is 35.9 Å². The summed E-state index contributed by atoms with van der Waals surface area (Å²) in [4.78, 5) is 2.63. The zero-order valence-electron chi connectivity index (χ0n) is 12.7. The Labute approximate surface area is 124 Å². The summed E-state index contributed by atoms with van der Waals surface area (Å²) in [7, 11) is 0. The molecule has 2 rings (SSSR count). The van der Waals surface area contributed by atoms with Crippen molar-refractivity contribution in [1.82, 2.24) is 4.90 Å². The molecule has 0 bridgehead atoms. The highest BCUT2D eigenvalue weighted by Gasteiger charge is 2.08. The number of rotatable bonds is 9. The first-order chi connectivity index (χ1) is 9.95. The Morgan fingerprint density at radius 1 is 0.850 bits per heavy atom. The molecule has 112 valence electrons. The molecular weight excluding hydrogens is 246 g/mol. The van der Waals surface area contributed by atoms with Crippen LogP contribution in [0.25, 0.3) is 0 Å². The molecule has 1 aliphatic rings. The molecule has 0 N–H and O–H groups in total. The van der Waals surface area contributed by atoms with E-state index in [1.807, 2.05) is 6.07 Å². The minimum absolute atomic E-state index is 0.759. The SMILES string of the molecule is c1ccc(COCCCCCCN2CCCCC2)cc1. The van der Waals surface area contributed by atoms with Gasteiger partial charge in [0.25, 0.3) is 0 Å². The number of nitrogens with zero attached hydrogens (tertiary/aromatic N) is 1. The lowest BCUT2D eigenvalue weighted by atomic mass is 10.1. The van der Waals surface area contributed by atoms with Crippen LogP contribution in [0.3, 0.4) is 0 Å². The van der Waals surface area contributed by atoms with E-state index in [-0.39, 0.29) is 0 Å². The van der Waals surface area contributed by atoms with Crippen LogP contribution in [0, 0.1) is 0 Å². The summed E-state index contributed by atoms with van der Waals surface area (Å²) < 4.78 is 5.71. The fourth-order valence-corrected chi connectivity index (χ4v) is 2.84. The average molecular weight is 275 g/mol. The largest absolute Gasteiger partial charge is 0.377 e. The van der Waals surface area contributed by atoms with Crippen molar-refractivity contribution in [3.8, 4) is 0 Å². The van der Waals surface area contributed by atoms with Gasteiger partial charge in [-0.05, 0) is 50.9 Å². The van der Waals surface area contributed by atoms with Crippen molar-refractivity contribution >= 4 is 0 Å². The quantitative estimate of drug-likeness (QED) is 0.625. The van der Waals surface area contributed by atoms with Crippen LogP contribution >= 0.6 is 0 Å². The van der Waals surface area contributed by atoms with E-state index in [0.717, 1.165) is 13.2 Å². The second kappa shape index (κ2) is 9.95.